The summed E-state index contributed by atoms with van der Waals surface area (Å²) in [6, 6.07) is 4.64. The number of halogens is 3. The summed E-state index contributed by atoms with van der Waals surface area (Å²) in [6.07, 6.45) is 0. The van der Waals surface area contributed by atoms with Gasteiger partial charge in [0.15, 0.2) is 0 Å². The molecule has 0 radical (unpaired) electrons. The van der Waals surface area contributed by atoms with E-state index in [1.54, 1.807) is 12.1 Å². The molecule has 66 valence electrons. The van der Waals surface area contributed by atoms with Crippen molar-refractivity contribution in [3.63, 3.8) is 0 Å². The molecule has 0 saturated heterocycles. The predicted molar refractivity (Wildman–Crippen MR) is 53.6 cm³/mol. The quantitative estimate of drug-likeness (QED) is 0.577. The molecule has 0 amide bonds. The second-order valence-electron chi connectivity index (χ2n) is 2.42. The molecule has 0 aliphatic carbocycles. The third kappa shape index (κ3) is 2.11. The molecule has 1 rings (SSSR count). The van der Waals surface area contributed by atoms with Crippen molar-refractivity contribution < 1.29 is 4.39 Å². The van der Waals surface area contributed by atoms with E-state index in [9.17, 15) is 4.39 Å². The maximum Gasteiger partial charge on any atom is 0.141 e. The number of nitrogens with zero attached hydrogens (tertiary/aromatic N) is 1. The van der Waals surface area contributed by atoms with Crippen molar-refractivity contribution in [2.45, 2.75) is 0 Å². The van der Waals surface area contributed by atoms with Crippen LogP contribution in [0.5, 0.6) is 0 Å². The summed E-state index contributed by atoms with van der Waals surface area (Å²) in [6.45, 7) is 0. The highest BCUT2D eigenvalue weighted by Gasteiger charge is 2.02. The van der Waals surface area contributed by atoms with Crippen LogP contribution in [0.4, 0.5) is 10.1 Å². The number of hydrogen-bond acceptors (Lipinski definition) is 1. The molecule has 0 unspecified atom stereocenters. The Morgan fingerprint density at radius 3 is 2.75 bits per heavy atom. The van der Waals surface area contributed by atoms with Gasteiger partial charge in [0.05, 0.1) is 10.5 Å². The first kappa shape index (κ1) is 9.81. The zero-order chi connectivity index (χ0) is 9.14. The Balaban J connectivity index is 2.96. The molecular weight excluding hydrogens is 244 g/mol. The van der Waals surface area contributed by atoms with Crippen LogP contribution in [0.3, 0.4) is 0 Å². The van der Waals surface area contributed by atoms with Gasteiger partial charge in [-0.05, 0) is 18.2 Å². The van der Waals surface area contributed by atoms with Gasteiger partial charge in [0, 0.05) is 12.7 Å². The lowest BCUT2D eigenvalue weighted by Crippen LogP contribution is -2.13. The molecule has 0 aromatic heterocycles. The zero-order valence-corrected chi connectivity index (χ0v) is 8.86. The molecule has 0 aliphatic heterocycles. The maximum atomic E-state index is 12.7. The number of anilines is 1. The molecule has 1 aromatic carbocycles. The minimum Gasteiger partial charge on any atom is -0.365 e. The Morgan fingerprint density at radius 1 is 1.58 bits per heavy atom. The fourth-order valence-electron chi connectivity index (χ4n) is 0.791. The molecule has 0 bridgehead atoms. The van der Waals surface area contributed by atoms with Crippen molar-refractivity contribution in [2.75, 3.05) is 17.4 Å². The molecule has 0 N–H and O–H groups in total. The summed E-state index contributed by atoms with van der Waals surface area (Å²) >= 11 is 8.88. The molecule has 1 aromatic rings. The van der Waals surface area contributed by atoms with Gasteiger partial charge in [-0.1, -0.05) is 27.5 Å². The van der Waals surface area contributed by atoms with Gasteiger partial charge in [-0.25, -0.2) is 4.39 Å². The van der Waals surface area contributed by atoms with Crippen LogP contribution in [0.2, 0.25) is 5.02 Å². The Labute approximate surface area is 84.3 Å². The highest BCUT2D eigenvalue weighted by Crippen LogP contribution is 2.21. The monoisotopic (exact) mass is 251 g/mol. The maximum absolute atomic E-state index is 12.7. The molecule has 1 nitrogen and oxygen atoms in total. The largest absolute Gasteiger partial charge is 0.365 e. The lowest BCUT2D eigenvalue weighted by atomic mass is 10.3. The van der Waals surface area contributed by atoms with Crippen LogP contribution in [-0.4, -0.2) is 12.5 Å². The highest BCUT2D eigenvalue weighted by molar-refractivity contribution is 9.09. The number of benzene rings is 1. The first-order chi connectivity index (χ1) is 5.65. The molecule has 0 fully saturated rings. The summed E-state index contributed by atoms with van der Waals surface area (Å²) in [7, 11) is 1.89. The molecule has 0 spiro atoms. The van der Waals surface area contributed by atoms with E-state index in [-0.39, 0.29) is 10.8 Å². The lowest BCUT2D eigenvalue weighted by molar-refractivity contribution is 0.628. The van der Waals surface area contributed by atoms with Crippen LogP contribution in [0.15, 0.2) is 18.2 Å². The van der Waals surface area contributed by atoms with E-state index >= 15 is 0 Å². The van der Waals surface area contributed by atoms with Gasteiger partial charge in [-0.15, -0.1) is 0 Å². The molecule has 4 heteroatoms. The number of alkyl halides is 1. The molecule has 0 heterocycles. The van der Waals surface area contributed by atoms with E-state index in [4.69, 9.17) is 11.6 Å². The van der Waals surface area contributed by atoms with Gasteiger partial charge in [-0.2, -0.15) is 0 Å². The van der Waals surface area contributed by atoms with Crippen molar-refractivity contribution >= 4 is 33.2 Å². The fourth-order valence-corrected chi connectivity index (χ4v) is 1.26. The summed E-state index contributed by atoms with van der Waals surface area (Å²) < 4.78 is 12.7. The minimum atomic E-state index is -0.386. The van der Waals surface area contributed by atoms with Crippen LogP contribution in [0, 0.1) is 5.82 Å². The van der Waals surface area contributed by atoms with Crippen LogP contribution in [-0.2, 0) is 0 Å². The third-order valence-corrected chi connectivity index (χ3v) is 2.57. The molecule has 12 heavy (non-hydrogen) atoms. The summed E-state index contributed by atoms with van der Waals surface area (Å²) in [5, 5.41) is 0.153. The van der Waals surface area contributed by atoms with Crippen molar-refractivity contribution in [2.24, 2.45) is 0 Å². The van der Waals surface area contributed by atoms with E-state index < -0.39 is 0 Å². The van der Waals surface area contributed by atoms with Crippen LogP contribution < -0.4 is 4.90 Å². The average molecular weight is 253 g/mol. The normalized spacial score (nSPS) is 10.0. The van der Waals surface area contributed by atoms with Gasteiger partial charge in [0.1, 0.15) is 5.82 Å². The molecular formula is C8H8BrClFN. The highest BCUT2D eigenvalue weighted by atomic mass is 79.9. The van der Waals surface area contributed by atoms with Gasteiger partial charge in [-0.3, -0.25) is 0 Å². The fraction of sp³-hybridized carbons (Fsp3) is 0.250. The van der Waals surface area contributed by atoms with Gasteiger partial charge >= 0.3 is 0 Å². The van der Waals surface area contributed by atoms with Crippen LogP contribution >= 0.6 is 27.5 Å². The van der Waals surface area contributed by atoms with Crippen molar-refractivity contribution in [1.82, 2.24) is 0 Å². The second-order valence-corrected chi connectivity index (χ2v) is 3.32. The first-order valence-corrected chi connectivity index (χ1v) is 4.87. The first-order valence-electron chi connectivity index (χ1n) is 3.37. The van der Waals surface area contributed by atoms with Crippen molar-refractivity contribution in [1.29, 1.82) is 0 Å². The van der Waals surface area contributed by atoms with Gasteiger partial charge < -0.3 is 4.90 Å². The van der Waals surface area contributed by atoms with E-state index in [0.717, 1.165) is 5.69 Å². The summed E-state index contributed by atoms with van der Waals surface area (Å²) in [5.74, 6) is -0.386. The van der Waals surface area contributed by atoms with E-state index in [0.29, 0.717) is 5.45 Å². The van der Waals surface area contributed by atoms with E-state index in [1.165, 1.54) is 6.07 Å². The Kier molecular flexibility index (Phi) is 3.35. The minimum absolute atomic E-state index is 0.153. The van der Waals surface area contributed by atoms with E-state index in [2.05, 4.69) is 15.9 Å². The average Bonchev–Trinajstić information content (AvgIpc) is 2.08. The smallest absolute Gasteiger partial charge is 0.141 e. The Bertz CT molecular complexity index is 280. The zero-order valence-electron chi connectivity index (χ0n) is 6.52. The third-order valence-electron chi connectivity index (χ3n) is 1.52. The Morgan fingerprint density at radius 2 is 2.25 bits per heavy atom. The topological polar surface area (TPSA) is 3.24 Å². The number of rotatable bonds is 2. The summed E-state index contributed by atoms with van der Waals surface area (Å²) in [4.78, 5) is 1.91. The van der Waals surface area contributed by atoms with Crippen molar-refractivity contribution in [3.8, 4) is 0 Å². The van der Waals surface area contributed by atoms with Gasteiger partial charge in [0.2, 0.25) is 0 Å². The molecule has 0 aliphatic rings. The van der Waals surface area contributed by atoms with Crippen molar-refractivity contribution in [3.05, 3.63) is 29.0 Å². The SMILES string of the molecule is CN(CBr)c1ccc(F)c(Cl)c1. The second kappa shape index (κ2) is 4.10. The lowest BCUT2D eigenvalue weighted by Gasteiger charge is -2.15. The predicted octanol–water partition coefficient (Wildman–Crippen LogP) is 3.27. The van der Waals surface area contributed by atoms with Crippen LogP contribution in [0.1, 0.15) is 0 Å². The standard InChI is InChI=1S/C8H8BrClFN/c1-12(5-9)6-2-3-8(11)7(10)4-6/h2-4H,5H2,1H3. The van der Waals surface area contributed by atoms with Crippen LogP contribution in [0.25, 0.3) is 0 Å². The van der Waals surface area contributed by atoms with Gasteiger partial charge in [0.25, 0.3) is 0 Å². The van der Waals surface area contributed by atoms with E-state index in [1.807, 2.05) is 11.9 Å². The molecule has 0 saturated carbocycles. The number of hydrogen-bond donors (Lipinski definition) is 0. The summed E-state index contributed by atoms with van der Waals surface area (Å²) in [5.41, 5.74) is 1.58. The Hall–Kier alpha value is -0.280. The molecule has 0 atom stereocenters.